The second kappa shape index (κ2) is 8.52. The molecule has 0 radical (unpaired) electrons. The molecule has 0 aliphatic carbocycles. The number of nitrogens with one attached hydrogen (secondary N) is 2. The fourth-order valence-corrected chi connectivity index (χ4v) is 1.83. The lowest BCUT2D eigenvalue weighted by atomic mass is 10.1. The highest BCUT2D eigenvalue weighted by atomic mass is 19.4. The van der Waals surface area contributed by atoms with E-state index in [0.29, 0.717) is 12.0 Å². The van der Waals surface area contributed by atoms with Crippen LogP contribution in [0.3, 0.4) is 0 Å². The van der Waals surface area contributed by atoms with E-state index in [1.165, 1.54) is 24.3 Å². The summed E-state index contributed by atoms with van der Waals surface area (Å²) in [5.41, 5.74) is 0.661. The molecule has 0 heterocycles. The Bertz CT molecular complexity index is 547. The van der Waals surface area contributed by atoms with Crippen molar-refractivity contribution in [3.05, 3.63) is 29.8 Å². The van der Waals surface area contributed by atoms with Crippen molar-refractivity contribution in [3.8, 4) is 0 Å². The number of benzene rings is 1. The molecule has 0 aliphatic rings. The molecule has 1 atom stereocenters. The molecule has 0 bridgehead atoms. The second-order valence-corrected chi connectivity index (χ2v) is 5.16. The minimum absolute atomic E-state index is 0.121. The summed E-state index contributed by atoms with van der Waals surface area (Å²) in [6.07, 6.45) is -5.09. The predicted molar refractivity (Wildman–Crippen MR) is 78.8 cm³/mol. The molecule has 5 nitrogen and oxygen atoms in total. The van der Waals surface area contributed by atoms with Gasteiger partial charge in [-0.3, -0.25) is 9.59 Å². The molecule has 1 aromatic carbocycles. The number of anilines is 1. The lowest BCUT2D eigenvalue weighted by Crippen LogP contribution is -2.40. The van der Waals surface area contributed by atoms with Crippen molar-refractivity contribution in [1.82, 2.24) is 5.32 Å². The minimum atomic E-state index is -4.25. The van der Waals surface area contributed by atoms with Gasteiger partial charge in [-0.25, -0.2) is 0 Å². The molecule has 8 heteroatoms. The highest BCUT2D eigenvalue weighted by Gasteiger charge is 2.26. The van der Waals surface area contributed by atoms with Gasteiger partial charge < -0.3 is 15.7 Å². The van der Waals surface area contributed by atoms with Crippen LogP contribution in [0, 0.1) is 0 Å². The van der Waals surface area contributed by atoms with Crippen molar-refractivity contribution in [2.45, 2.75) is 38.4 Å². The lowest BCUT2D eigenvalue weighted by molar-refractivity contribution is -0.136. The average Bonchev–Trinajstić information content (AvgIpc) is 2.45. The van der Waals surface area contributed by atoms with Gasteiger partial charge in [0.2, 0.25) is 0 Å². The predicted octanol–water partition coefficient (Wildman–Crippen LogP) is 2.01. The molecule has 2 amide bonds. The lowest BCUT2D eigenvalue weighted by Gasteiger charge is -2.12. The number of amides is 2. The van der Waals surface area contributed by atoms with Gasteiger partial charge in [0.15, 0.2) is 0 Å². The maximum absolute atomic E-state index is 12.2. The number of hydrogen-bond donors (Lipinski definition) is 3. The molecule has 0 saturated carbocycles. The topological polar surface area (TPSA) is 78.4 Å². The van der Waals surface area contributed by atoms with E-state index < -0.39 is 24.4 Å². The van der Waals surface area contributed by atoms with Gasteiger partial charge in [0.05, 0.1) is 0 Å². The van der Waals surface area contributed by atoms with E-state index in [1.54, 1.807) is 6.92 Å². The summed E-state index contributed by atoms with van der Waals surface area (Å²) in [4.78, 5) is 23.3. The summed E-state index contributed by atoms with van der Waals surface area (Å²) in [7, 11) is 0. The zero-order valence-electron chi connectivity index (χ0n) is 12.6. The molecule has 0 aliphatic heterocycles. The second-order valence-electron chi connectivity index (χ2n) is 5.16. The summed E-state index contributed by atoms with van der Waals surface area (Å²) < 4.78 is 36.6. The van der Waals surface area contributed by atoms with Crippen LogP contribution in [0.4, 0.5) is 18.9 Å². The SMILES string of the molecule is C[C@H](CCO)NC(=O)C(=O)Nc1cccc(CCC(F)(F)F)c1. The molecule has 0 unspecified atom stereocenters. The maximum Gasteiger partial charge on any atom is 0.389 e. The number of hydrogen-bond acceptors (Lipinski definition) is 3. The van der Waals surface area contributed by atoms with Crippen LogP contribution in [0.25, 0.3) is 0 Å². The number of aryl methyl sites for hydroxylation is 1. The molecule has 1 rings (SSSR count). The van der Waals surface area contributed by atoms with Crippen LogP contribution < -0.4 is 10.6 Å². The van der Waals surface area contributed by atoms with Crippen LogP contribution in [-0.4, -0.2) is 35.7 Å². The zero-order chi connectivity index (χ0) is 17.5. The largest absolute Gasteiger partial charge is 0.396 e. The summed E-state index contributed by atoms with van der Waals surface area (Å²) in [5, 5.41) is 13.5. The highest BCUT2D eigenvalue weighted by Crippen LogP contribution is 2.23. The van der Waals surface area contributed by atoms with E-state index in [4.69, 9.17) is 5.11 Å². The fourth-order valence-electron chi connectivity index (χ4n) is 1.83. The number of rotatable bonds is 6. The number of aliphatic hydroxyl groups is 1. The molecule has 0 saturated heterocycles. The molecular formula is C15H19F3N2O3. The van der Waals surface area contributed by atoms with Crippen LogP contribution in [0.5, 0.6) is 0 Å². The third-order valence-electron chi connectivity index (χ3n) is 3.03. The van der Waals surface area contributed by atoms with E-state index in [1.807, 2.05) is 0 Å². The third-order valence-corrected chi connectivity index (χ3v) is 3.03. The summed E-state index contributed by atoms with van der Waals surface area (Å²) >= 11 is 0. The first kappa shape index (κ1) is 19.0. The van der Waals surface area contributed by atoms with Crippen molar-refractivity contribution >= 4 is 17.5 Å². The summed E-state index contributed by atoms with van der Waals surface area (Å²) in [5.74, 6) is -1.78. The Kier molecular flexibility index (Phi) is 7.02. The molecule has 128 valence electrons. The molecule has 0 spiro atoms. The van der Waals surface area contributed by atoms with E-state index in [0.717, 1.165) is 0 Å². The fraction of sp³-hybridized carbons (Fsp3) is 0.467. The summed E-state index contributed by atoms with van der Waals surface area (Å²) in [6.45, 7) is 1.52. The van der Waals surface area contributed by atoms with E-state index >= 15 is 0 Å². The van der Waals surface area contributed by atoms with Crippen molar-refractivity contribution in [2.24, 2.45) is 0 Å². The molecule has 1 aromatic rings. The van der Waals surface area contributed by atoms with Crippen LogP contribution in [0.15, 0.2) is 24.3 Å². The quantitative estimate of drug-likeness (QED) is 0.697. The Morgan fingerprint density at radius 2 is 1.96 bits per heavy atom. The average molecular weight is 332 g/mol. The van der Waals surface area contributed by atoms with Crippen LogP contribution in [0.1, 0.15) is 25.3 Å². The van der Waals surface area contributed by atoms with Crippen molar-refractivity contribution in [3.63, 3.8) is 0 Å². The van der Waals surface area contributed by atoms with Gasteiger partial charge in [-0.15, -0.1) is 0 Å². The number of alkyl halides is 3. The summed E-state index contributed by atoms with van der Waals surface area (Å²) in [6, 6.07) is 5.54. The van der Waals surface area contributed by atoms with Crippen molar-refractivity contribution in [1.29, 1.82) is 0 Å². The van der Waals surface area contributed by atoms with Crippen molar-refractivity contribution in [2.75, 3.05) is 11.9 Å². The van der Waals surface area contributed by atoms with Gasteiger partial charge in [-0.2, -0.15) is 13.2 Å². The third kappa shape index (κ3) is 7.64. The number of carbonyl (C=O) groups is 2. The van der Waals surface area contributed by atoms with E-state index in [-0.39, 0.29) is 24.8 Å². The maximum atomic E-state index is 12.2. The molecular weight excluding hydrogens is 313 g/mol. The smallest absolute Gasteiger partial charge is 0.389 e. The Labute approximate surface area is 131 Å². The van der Waals surface area contributed by atoms with Gasteiger partial charge in [0, 0.05) is 24.8 Å². The Balaban J connectivity index is 2.59. The first-order valence-electron chi connectivity index (χ1n) is 7.09. The molecule has 0 fully saturated rings. The van der Waals surface area contributed by atoms with Gasteiger partial charge in [0.25, 0.3) is 0 Å². The monoisotopic (exact) mass is 332 g/mol. The van der Waals surface area contributed by atoms with Gasteiger partial charge in [-0.1, -0.05) is 12.1 Å². The van der Waals surface area contributed by atoms with E-state index in [9.17, 15) is 22.8 Å². The van der Waals surface area contributed by atoms with Crippen molar-refractivity contribution < 1.29 is 27.9 Å². The zero-order valence-corrected chi connectivity index (χ0v) is 12.6. The molecule has 0 aromatic heterocycles. The van der Waals surface area contributed by atoms with Gasteiger partial charge in [-0.05, 0) is 37.5 Å². The van der Waals surface area contributed by atoms with E-state index in [2.05, 4.69) is 10.6 Å². The van der Waals surface area contributed by atoms with Crippen LogP contribution in [0.2, 0.25) is 0 Å². The number of carbonyl (C=O) groups excluding carboxylic acids is 2. The highest BCUT2D eigenvalue weighted by molar-refractivity contribution is 6.39. The first-order valence-corrected chi connectivity index (χ1v) is 7.09. The Hall–Kier alpha value is -2.09. The standard InChI is InChI=1S/C15H19F3N2O3/c1-10(6-8-21)19-13(22)14(23)20-12-4-2-3-11(9-12)5-7-15(16,17)18/h2-4,9-10,21H,5-8H2,1H3,(H,19,22)(H,20,23)/t10-/m1/s1. The van der Waals surface area contributed by atoms with Gasteiger partial charge in [0.1, 0.15) is 0 Å². The van der Waals surface area contributed by atoms with Gasteiger partial charge >= 0.3 is 18.0 Å². The number of aliphatic hydroxyl groups excluding tert-OH is 1. The molecule has 3 N–H and O–H groups in total. The van der Waals surface area contributed by atoms with Crippen LogP contribution in [-0.2, 0) is 16.0 Å². The first-order chi connectivity index (χ1) is 10.7. The molecule has 23 heavy (non-hydrogen) atoms. The number of halogens is 3. The minimum Gasteiger partial charge on any atom is -0.396 e. The Morgan fingerprint density at radius 3 is 2.57 bits per heavy atom. The Morgan fingerprint density at radius 1 is 1.26 bits per heavy atom. The normalized spacial score (nSPS) is 12.6. The van der Waals surface area contributed by atoms with Crippen LogP contribution >= 0.6 is 0 Å².